The first kappa shape index (κ1) is 17.9. The number of carbonyl (C=O) groups excluding carboxylic acids is 1. The first-order chi connectivity index (χ1) is 11.5. The number of carbonyl (C=O) groups is 1. The van der Waals surface area contributed by atoms with Gasteiger partial charge in [-0.05, 0) is 48.2 Å². The van der Waals surface area contributed by atoms with Gasteiger partial charge in [-0.25, -0.2) is 0 Å². The summed E-state index contributed by atoms with van der Waals surface area (Å²) in [5, 5.41) is 6.18. The molecule has 0 aliphatic heterocycles. The molecule has 0 spiro atoms. The molecule has 24 heavy (non-hydrogen) atoms. The summed E-state index contributed by atoms with van der Waals surface area (Å²) in [7, 11) is 1.60. The summed E-state index contributed by atoms with van der Waals surface area (Å²) in [6.45, 7) is 6.91. The predicted molar refractivity (Wildman–Crippen MR) is 100.0 cm³/mol. The van der Waals surface area contributed by atoms with Gasteiger partial charge in [0.25, 0.3) is 0 Å². The highest BCUT2D eigenvalue weighted by atomic mass is 16.5. The Bertz CT molecular complexity index is 679. The molecule has 2 rings (SSSR count). The Hall–Kier alpha value is -2.49. The summed E-state index contributed by atoms with van der Waals surface area (Å²) in [6.07, 6.45) is 0.392. The molecule has 0 saturated carbocycles. The van der Waals surface area contributed by atoms with E-state index in [1.165, 1.54) is 5.56 Å². The Morgan fingerprint density at radius 1 is 1.12 bits per heavy atom. The number of ether oxygens (including phenoxy) is 1. The van der Waals surface area contributed by atoms with Crippen LogP contribution >= 0.6 is 0 Å². The maximum absolute atomic E-state index is 12.1. The van der Waals surface area contributed by atoms with Crippen molar-refractivity contribution in [3.63, 3.8) is 0 Å². The zero-order valence-corrected chi connectivity index (χ0v) is 14.8. The molecule has 2 N–H and O–H groups in total. The molecule has 0 radical (unpaired) electrons. The minimum atomic E-state index is -0.0369. The van der Waals surface area contributed by atoms with Crippen LogP contribution in [0.2, 0.25) is 0 Å². The first-order valence-corrected chi connectivity index (χ1v) is 8.28. The Labute approximate surface area is 144 Å². The lowest BCUT2D eigenvalue weighted by Gasteiger charge is -2.12. The Morgan fingerprint density at radius 2 is 1.83 bits per heavy atom. The van der Waals surface area contributed by atoms with Gasteiger partial charge in [0.2, 0.25) is 5.91 Å². The summed E-state index contributed by atoms with van der Waals surface area (Å²) in [5.74, 6) is 1.16. The molecular weight excluding hydrogens is 300 g/mol. The topological polar surface area (TPSA) is 50.4 Å². The molecule has 1 amide bonds. The van der Waals surface area contributed by atoms with Gasteiger partial charge in [0.1, 0.15) is 5.75 Å². The largest absolute Gasteiger partial charge is 0.495 e. The van der Waals surface area contributed by atoms with E-state index in [2.05, 4.69) is 48.7 Å². The van der Waals surface area contributed by atoms with Gasteiger partial charge in [-0.2, -0.15) is 0 Å². The summed E-state index contributed by atoms with van der Waals surface area (Å²) in [5.41, 5.74) is 4.13. The van der Waals surface area contributed by atoms with Crippen molar-refractivity contribution in [2.45, 2.75) is 33.1 Å². The van der Waals surface area contributed by atoms with Gasteiger partial charge in [0.15, 0.2) is 0 Å². The summed E-state index contributed by atoms with van der Waals surface area (Å²) >= 11 is 0. The third kappa shape index (κ3) is 5.01. The van der Waals surface area contributed by atoms with Crippen LogP contribution in [0.25, 0.3) is 0 Å². The fourth-order valence-corrected chi connectivity index (χ4v) is 2.44. The third-order valence-corrected chi connectivity index (χ3v) is 3.89. The molecule has 0 heterocycles. The molecule has 0 fully saturated rings. The van der Waals surface area contributed by atoms with Crippen LogP contribution in [0.4, 0.5) is 11.4 Å². The standard InChI is InChI=1S/C20H26N2O2/c1-14(2)16-6-8-17(9-7-16)21-12-11-20(23)22-18-13-15(3)5-10-19(18)24-4/h5-10,13-14,21H,11-12H2,1-4H3,(H,22,23). The SMILES string of the molecule is COc1ccc(C)cc1NC(=O)CCNc1ccc(C(C)C)cc1. The number of hydrogen-bond acceptors (Lipinski definition) is 3. The van der Waals surface area contributed by atoms with Crippen LogP contribution in [-0.2, 0) is 4.79 Å². The number of hydrogen-bond donors (Lipinski definition) is 2. The molecule has 0 aliphatic rings. The van der Waals surface area contributed by atoms with E-state index < -0.39 is 0 Å². The van der Waals surface area contributed by atoms with Gasteiger partial charge in [0.05, 0.1) is 12.8 Å². The number of anilines is 2. The molecule has 0 saturated heterocycles. The van der Waals surface area contributed by atoms with Crippen molar-refractivity contribution in [1.82, 2.24) is 0 Å². The van der Waals surface area contributed by atoms with Crippen molar-refractivity contribution in [2.24, 2.45) is 0 Å². The van der Waals surface area contributed by atoms with Crippen molar-refractivity contribution >= 4 is 17.3 Å². The predicted octanol–water partition coefficient (Wildman–Crippen LogP) is 4.57. The second-order valence-corrected chi connectivity index (χ2v) is 6.21. The first-order valence-electron chi connectivity index (χ1n) is 8.28. The Balaban J connectivity index is 1.84. The van der Waals surface area contributed by atoms with Gasteiger partial charge in [-0.1, -0.05) is 32.0 Å². The lowest BCUT2D eigenvalue weighted by atomic mass is 10.0. The Kier molecular flexibility index (Phi) is 6.24. The number of aryl methyl sites for hydroxylation is 1. The van der Waals surface area contributed by atoms with Crippen LogP contribution in [0.15, 0.2) is 42.5 Å². The lowest BCUT2D eigenvalue weighted by Crippen LogP contribution is -2.16. The maximum Gasteiger partial charge on any atom is 0.226 e. The minimum absolute atomic E-state index is 0.0369. The van der Waals surface area contributed by atoms with E-state index in [4.69, 9.17) is 4.74 Å². The molecule has 4 nitrogen and oxygen atoms in total. The van der Waals surface area contributed by atoms with Crippen molar-refractivity contribution in [2.75, 3.05) is 24.3 Å². The number of amides is 1. The van der Waals surface area contributed by atoms with Crippen molar-refractivity contribution < 1.29 is 9.53 Å². The van der Waals surface area contributed by atoms with E-state index in [1.807, 2.05) is 25.1 Å². The van der Waals surface area contributed by atoms with Crippen LogP contribution < -0.4 is 15.4 Å². The van der Waals surface area contributed by atoms with Gasteiger partial charge in [-0.3, -0.25) is 4.79 Å². The van der Waals surface area contributed by atoms with Crippen LogP contribution in [0, 0.1) is 6.92 Å². The van der Waals surface area contributed by atoms with Crippen molar-refractivity contribution in [3.8, 4) is 5.75 Å². The molecule has 0 aliphatic carbocycles. The second-order valence-electron chi connectivity index (χ2n) is 6.21. The number of rotatable bonds is 7. The normalized spacial score (nSPS) is 10.5. The highest BCUT2D eigenvalue weighted by Crippen LogP contribution is 2.25. The summed E-state index contributed by atoms with van der Waals surface area (Å²) in [4.78, 5) is 12.1. The van der Waals surface area contributed by atoms with Crippen LogP contribution in [0.1, 0.15) is 37.3 Å². The molecule has 0 bridgehead atoms. The molecule has 128 valence electrons. The van der Waals surface area contributed by atoms with Gasteiger partial charge < -0.3 is 15.4 Å². The van der Waals surface area contributed by atoms with Gasteiger partial charge >= 0.3 is 0 Å². The van der Waals surface area contributed by atoms with Crippen molar-refractivity contribution in [3.05, 3.63) is 53.6 Å². The van der Waals surface area contributed by atoms with Crippen LogP contribution in [0.5, 0.6) is 5.75 Å². The summed E-state index contributed by atoms with van der Waals surface area (Å²) in [6, 6.07) is 14.1. The molecule has 4 heteroatoms. The molecule has 0 aromatic heterocycles. The fourth-order valence-electron chi connectivity index (χ4n) is 2.44. The Morgan fingerprint density at radius 3 is 2.46 bits per heavy atom. The van der Waals surface area contributed by atoms with E-state index in [-0.39, 0.29) is 5.91 Å². The van der Waals surface area contributed by atoms with E-state index in [0.29, 0.717) is 30.3 Å². The average Bonchev–Trinajstić information content (AvgIpc) is 2.55. The smallest absolute Gasteiger partial charge is 0.226 e. The highest BCUT2D eigenvalue weighted by Gasteiger charge is 2.08. The quantitative estimate of drug-likeness (QED) is 0.784. The fraction of sp³-hybridized carbons (Fsp3) is 0.350. The highest BCUT2D eigenvalue weighted by molar-refractivity contribution is 5.92. The zero-order chi connectivity index (χ0) is 17.5. The van der Waals surface area contributed by atoms with Crippen LogP contribution in [-0.4, -0.2) is 19.6 Å². The molecular formula is C20H26N2O2. The van der Waals surface area contributed by atoms with Crippen molar-refractivity contribution in [1.29, 1.82) is 0 Å². The van der Waals surface area contributed by atoms with Gasteiger partial charge in [-0.15, -0.1) is 0 Å². The number of benzene rings is 2. The van der Waals surface area contributed by atoms with E-state index >= 15 is 0 Å². The zero-order valence-electron chi connectivity index (χ0n) is 14.8. The molecule has 2 aromatic carbocycles. The van der Waals surface area contributed by atoms with E-state index in [9.17, 15) is 4.79 Å². The average molecular weight is 326 g/mol. The second kappa shape index (κ2) is 8.39. The minimum Gasteiger partial charge on any atom is -0.495 e. The van der Waals surface area contributed by atoms with Crippen LogP contribution in [0.3, 0.4) is 0 Å². The monoisotopic (exact) mass is 326 g/mol. The number of nitrogens with one attached hydrogen (secondary N) is 2. The molecule has 2 aromatic rings. The third-order valence-electron chi connectivity index (χ3n) is 3.89. The number of methoxy groups -OCH3 is 1. The van der Waals surface area contributed by atoms with E-state index in [1.54, 1.807) is 7.11 Å². The van der Waals surface area contributed by atoms with Gasteiger partial charge in [0, 0.05) is 18.7 Å². The lowest BCUT2D eigenvalue weighted by molar-refractivity contribution is -0.115. The van der Waals surface area contributed by atoms with E-state index in [0.717, 1.165) is 11.3 Å². The molecule has 0 atom stereocenters. The molecule has 0 unspecified atom stereocenters. The summed E-state index contributed by atoms with van der Waals surface area (Å²) < 4.78 is 5.28. The maximum atomic E-state index is 12.1.